The molecule has 154 valence electrons. The first-order chi connectivity index (χ1) is 14.5. The number of pyridine rings is 1. The summed E-state index contributed by atoms with van der Waals surface area (Å²) in [5.74, 6) is 0.498. The van der Waals surface area contributed by atoms with Crippen LogP contribution in [0.15, 0.2) is 36.8 Å². The van der Waals surface area contributed by atoms with Crippen molar-refractivity contribution in [3.05, 3.63) is 65.1 Å². The molecule has 0 spiro atoms. The van der Waals surface area contributed by atoms with Crippen molar-refractivity contribution in [3.63, 3.8) is 0 Å². The first-order valence-corrected chi connectivity index (χ1v) is 9.86. The third-order valence-electron chi connectivity index (χ3n) is 5.49. The zero-order valence-electron chi connectivity index (χ0n) is 16.7. The van der Waals surface area contributed by atoms with E-state index in [1.165, 1.54) is 13.2 Å². The van der Waals surface area contributed by atoms with Crippen molar-refractivity contribution in [2.24, 2.45) is 0 Å². The number of carbonyl (C=O) groups excluding carboxylic acids is 1. The molecule has 1 aliphatic carbocycles. The Morgan fingerprint density at radius 2 is 2.13 bits per heavy atom. The van der Waals surface area contributed by atoms with Gasteiger partial charge in [-0.2, -0.15) is 0 Å². The van der Waals surface area contributed by atoms with Gasteiger partial charge in [0, 0.05) is 17.8 Å². The van der Waals surface area contributed by atoms with E-state index in [1.807, 2.05) is 19.2 Å². The van der Waals surface area contributed by atoms with Gasteiger partial charge in [-0.3, -0.25) is 4.79 Å². The zero-order valence-corrected chi connectivity index (χ0v) is 16.7. The van der Waals surface area contributed by atoms with Crippen molar-refractivity contribution in [3.8, 4) is 17.3 Å². The number of amides is 1. The molecule has 8 heteroatoms. The van der Waals surface area contributed by atoms with Crippen LogP contribution < -0.4 is 14.8 Å². The molecule has 5 rings (SSSR count). The van der Waals surface area contributed by atoms with Crippen LogP contribution >= 0.6 is 0 Å². The Labute approximate surface area is 172 Å². The number of aromatic nitrogens is 3. The number of ether oxygens (including phenoxy) is 2. The highest BCUT2D eigenvalue weighted by atomic mass is 19.1. The molecule has 0 bridgehead atoms. The molecule has 30 heavy (non-hydrogen) atoms. The second kappa shape index (κ2) is 7.12. The molecule has 1 saturated carbocycles. The molecule has 2 aliphatic rings. The number of rotatable bonds is 5. The maximum atomic E-state index is 14.3. The zero-order chi connectivity index (χ0) is 20.8. The Morgan fingerprint density at radius 1 is 1.30 bits per heavy atom. The van der Waals surface area contributed by atoms with Crippen LogP contribution in [0.3, 0.4) is 0 Å². The summed E-state index contributed by atoms with van der Waals surface area (Å²) in [6.45, 7) is 2.15. The number of fused-ring (bicyclic) bond motifs is 1. The number of aryl methyl sites for hydroxylation is 1. The molecule has 1 fully saturated rings. The number of methoxy groups -OCH3 is 1. The van der Waals surface area contributed by atoms with Crippen molar-refractivity contribution in [1.82, 2.24) is 19.9 Å². The molecule has 1 atom stereocenters. The van der Waals surface area contributed by atoms with E-state index in [-0.39, 0.29) is 36.0 Å². The van der Waals surface area contributed by atoms with Gasteiger partial charge in [0.25, 0.3) is 5.91 Å². The van der Waals surface area contributed by atoms with E-state index < -0.39 is 0 Å². The Morgan fingerprint density at radius 3 is 2.83 bits per heavy atom. The summed E-state index contributed by atoms with van der Waals surface area (Å²) in [6, 6.07) is 6.31. The molecule has 7 nitrogen and oxygen atoms in total. The largest absolute Gasteiger partial charge is 0.491 e. The van der Waals surface area contributed by atoms with E-state index in [2.05, 4.69) is 15.3 Å². The predicted octanol–water partition coefficient (Wildman–Crippen LogP) is 3.46. The van der Waals surface area contributed by atoms with E-state index >= 15 is 0 Å². The molecule has 0 saturated heterocycles. The Kier molecular flexibility index (Phi) is 4.42. The Balaban J connectivity index is 1.38. The molecule has 2 aromatic heterocycles. The first kappa shape index (κ1) is 18.6. The summed E-state index contributed by atoms with van der Waals surface area (Å²) in [6.07, 6.45) is 5.51. The van der Waals surface area contributed by atoms with Crippen LogP contribution in [-0.2, 0) is 0 Å². The average molecular weight is 408 g/mol. The number of hydrogen-bond acceptors (Lipinski definition) is 5. The second-order valence-corrected chi connectivity index (χ2v) is 7.67. The molecule has 1 amide bonds. The van der Waals surface area contributed by atoms with Gasteiger partial charge < -0.3 is 19.4 Å². The quantitative estimate of drug-likeness (QED) is 0.700. The lowest BCUT2D eigenvalue weighted by molar-refractivity contribution is 0.0924. The van der Waals surface area contributed by atoms with Crippen LogP contribution in [0.25, 0.3) is 5.69 Å². The Bertz CT molecular complexity index is 1140. The van der Waals surface area contributed by atoms with Gasteiger partial charge in [-0.05, 0) is 49.4 Å². The van der Waals surface area contributed by atoms with Crippen LogP contribution in [0, 0.1) is 12.7 Å². The van der Waals surface area contributed by atoms with Crippen LogP contribution in [0.4, 0.5) is 4.39 Å². The SMILES string of the molecule is COc1nc(C(=O)N[C@H]2COc3cc(F)c(C4CC4)cc32)ccc1-n1cnc(C)c1. The maximum Gasteiger partial charge on any atom is 0.270 e. The monoisotopic (exact) mass is 408 g/mol. The summed E-state index contributed by atoms with van der Waals surface area (Å²) >= 11 is 0. The van der Waals surface area contributed by atoms with Crippen molar-refractivity contribution in [2.45, 2.75) is 31.7 Å². The fourth-order valence-electron chi connectivity index (χ4n) is 3.77. The Hall–Kier alpha value is -3.42. The number of benzene rings is 1. The number of hydrogen-bond donors (Lipinski definition) is 1. The van der Waals surface area contributed by atoms with Crippen molar-refractivity contribution in [1.29, 1.82) is 0 Å². The minimum absolute atomic E-state index is 0.227. The topological polar surface area (TPSA) is 78.3 Å². The van der Waals surface area contributed by atoms with Crippen LogP contribution in [-0.4, -0.2) is 34.2 Å². The minimum Gasteiger partial charge on any atom is -0.491 e. The van der Waals surface area contributed by atoms with E-state index in [4.69, 9.17) is 9.47 Å². The van der Waals surface area contributed by atoms with Crippen molar-refractivity contribution >= 4 is 5.91 Å². The lowest BCUT2D eigenvalue weighted by Gasteiger charge is -2.14. The van der Waals surface area contributed by atoms with Gasteiger partial charge in [0.05, 0.1) is 25.2 Å². The van der Waals surface area contributed by atoms with Gasteiger partial charge in [-0.25, -0.2) is 14.4 Å². The van der Waals surface area contributed by atoms with Crippen LogP contribution in [0.2, 0.25) is 0 Å². The lowest BCUT2D eigenvalue weighted by atomic mass is 10.0. The van der Waals surface area contributed by atoms with Crippen molar-refractivity contribution < 1.29 is 18.7 Å². The number of halogens is 1. The molecule has 1 aliphatic heterocycles. The molecule has 0 unspecified atom stereocenters. The summed E-state index contributed by atoms with van der Waals surface area (Å²) in [7, 11) is 1.51. The maximum absolute atomic E-state index is 14.3. The standard InChI is InChI=1S/C22H21FN4O3/c1-12-9-27(11-24-12)19-6-5-17(26-22(19)29-2)21(28)25-18-10-30-20-8-16(23)14(7-15(18)20)13-3-4-13/h5-9,11,13,18H,3-4,10H2,1-2H3,(H,25,28)/t18-/m0/s1. The fraction of sp³-hybridized carbons (Fsp3) is 0.318. The van der Waals surface area contributed by atoms with Gasteiger partial charge in [-0.15, -0.1) is 0 Å². The normalized spacial score (nSPS) is 17.4. The van der Waals surface area contributed by atoms with Gasteiger partial charge in [-0.1, -0.05) is 0 Å². The minimum atomic E-state index is -0.352. The molecule has 1 N–H and O–H groups in total. The summed E-state index contributed by atoms with van der Waals surface area (Å²) in [5, 5.41) is 2.95. The van der Waals surface area contributed by atoms with Gasteiger partial charge >= 0.3 is 0 Å². The van der Waals surface area contributed by atoms with E-state index in [0.29, 0.717) is 22.9 Å². The predicted molar refractivity (Wildman–Crippen MR) is 107 cm³/mol. The molecule has 3 heterocycles. The second-order valence-electron chi connectivity index (χ2n) is 7.67. The van der Waals surface area contributed by atoms with Crippen molar-refractivity contribution in [2.75, 3.05) is 13.7 Å². The van der Waals surface area contributed by atoms with Gasteiger partial charge in [0.15, 0.2) is 0 Å². The number of carbonyl (C=O) groups is 1. The van der Waals surface area contributed by atoms with E-state index in [1.54, 1.807) is 23.0 Å². The van der Waals surface area contributed by atoms with Crippen LogP contribution in [0.1, 0.15) is 52.1 Å². The van der Waals surface area contributed by atoms with Crippen LogP contribution in [0.5, 0.6) is 11.6 Å². The molecule has 0 radical (unpaired) electrons. The van der Waals surface area contributed by atoms with Gasteiger partial charge in [0.2, 0.25) is 5.88 Å². The molecule has 3 aromatic rings. The highest BCUT2D eigenvalue weighted by Crippen LogP contribution is 2.45. The fourth-order valence-corrected chi connectivity index (χ4v) is 3.77. The summed E-state index contributed by atoms with van der Waals surface area (Å²) in [5.41, 5.74) is 3.29. The van der Waals surface area contributed by atoms with E-state index in [9.17, 15) is 9.18 Å². The molecular formula is C22H21FN4O3. The number of nitrogens with zero attached hydrogens (tertiary/aromatic N) is 3. The third kappa shape index (κ3) is 3.28. The molecule has 1 aromatic carbocycles. The molecular weight excluding hydrogens is 387 g/mol. The first-order valence-electron chi connectivity index (χ1n) is 9.86. The summed E-state index contributed by atoms with van der Waals surface area (Å²) in [4.78, 5) is 21.4. The highest BCUT2D eigenvalue weighted by Gasteiger charge is 2.32. The number of nitrogens with one attached hydrogen (secondary N) is 1. The number of imidazole rings is 1. The average Bonchev–Trinajstić information content (AvgIpc) is 3.39. The lowest BCUT2D eigenvalue weighted by Crippen LogP contribution is -2.30. The third-order valence-corrected chi connectivity index (χ3v) is 5.49. The smallest absolute Gasteiger partial charge is 0.270 e. The van der Waals surface area contributed by atoms with Gasteiger partial charge in [0.1, 0.15) is 29.6 Å². The van der Waals surface area contributed by atoms with E-state index in [0.717, 1.165) is 24.1 Å². The summed E-state index contributed by atoms with van der Waals surface area (Å²) < 4.78 is 27.0. The highest BCUT2D eigenvalue weighted by molar-refractivity contribution is 5.93.